The fraction of sp³-hybridized carbons (Fsp3) is 0.105. The van der Waals surface area contributed by atoms with E-state index in [4.69, 9.17) is 4.74 Å². The fourth-order valence-corrected chi connectivity index (χ4v) is 2.46. The Morgan fingerprint density at radius 2 is 1.67 bits per heavy atom. The minimum atomic E-state index is -0.583. The SMILES string of the molecule is Cc1cc(-c2ccn(C(=O)Oc3ccc(F)cc3)c2)cc(C)c1O. The molecule has 0 atom stereocenters. The summed E-state index contributed by atoms with van der Waals surface area (Å²) >= 11 is 0. The second-order valence-electron chi connectivity index (χ2n) is 5.59. The first-order valence-electron chi connectivity index (χ1n) is 7.40. The Labute approximate surface area is 138 Å². The number of nitrogens with zero attached hydrogens (tertiary/aromatic N) is 1. The van der Waals surface area contributed by atoms with Crippen molar-refractivity contribution in [3.63, 3.8) is 0 Å². The van der Waals surface area contributed by atoms with Gasteiger partial charge in [-0.05, 0) is 78.6 Å². The first kappa shape index (κ1) is 15.8. The van der Waals surface area contributed by atoms with Crippen LogP contribution in [0.15, 0.2) is 54.9 Å². The number of carbonyl (C=O) groups is 1. The van der Waals surface area contributed by atoms with E-state index in [1.807, 2.05) is 26.0 Å². The van der Waals surface area contributed by atoms with E-state index < -0.39 is 11.9 Å². The highest BCUT2D eigenvalue weighted by Gasteiger charge is 2.11. The number of carbonyl (C=O) groups excluding carboxylic acids is 1. The van der Waals surface area contributed by atoms with Crippen molar-refractivity contribution in [3.8, 4) is 22.6 Å². The standard InChI is InChI=1S/C19H16FNO3/c1-12-9-15(10-13(2)18(12)22)14-7-8-21(11-14)19(23)24-17-5-3-16(20)4-6-17/h3-11,22H,1-2H3. The van der Waals surface area contributed by atoms with Crippen LogP contribution >= 0.6 is 0 Å². The molecule has 0 fully saturated rings. The molecule has 0 saturated heterocycles. The van der Waals surface area contributed by atoms with Crippen molar-refractivity contribution in [2.45, 2.75) is 13.8 Å². The average Bonchev–Trinajstić information content (AvgIpc) is 3.04. The zero-order valence-corrected chi connectivity index (χ0v) is 13.3. The molecule has 3 rings (SSSR count). The third-order valence-electron chi connectivity index (χ3n) is 3.75. The van der Waals surface area contributed by atoms with Crippen LogP contribution in [0.5, 0.6) is 11.5 Å². The molecule has 4 nitrogen and oxygen atoms in total. The van der Waals surface area contributed by atoms with Crippen LogP contribution in [0.1, 0.15) is 11.1 Å². The van der Waals surface area contributed by atoms with Crippen molar-refractivity contribution in [3.05, 3.63) is 71.8 Å². The zero-order valence-electron chi connectivity index (χ0n) is 13.3. The predicted octanol–water partition coefficient (Wildman–Crippen LogP) is 4.66. The third-order valence-corrected chi connectivity index (χ3v) is 3.75. The van der Waals surface area contributed by atoms with Gasteiger partial charge in [0.05, 0.1) is 0 Å². The van der Waals surface area contributed by atoms with Crippen molar-refractivity contribution >= 4 is 6.09 Å². The van der Waals surface area contributed by atoms with Gasteiger partial charge in [-0.25, -0.2) is 9.18 Å². The monoisotopic (exact) mass is 325 g/mol. The number of rotatable bonds is 2. The topological polar surface area (TPSA) is 51.5 Å². The lowest BCUT2D eigenvalue weighted by atomic mass is 10.0. The molecule has 0 bridgehead atoms. The van der Waals surface area contributed by atoms with Gasteiger partial charge in [0, 0.05) is 12.4 Å². The lowest BCUT2D eigenvalue weighted by molar-refractivity contribution is 0.202. The molecule has 5 heteroatoms. The van der Waals surface area contributed by atoms with Crippen LogP contribution in [0.3, 0.4) is 0 Å². The van der Waals surface area contributed by atoms with Gasteiger partial charge in [-0.3, -0.25) is 4.57 Å². The number of benzene rings is 2. The highest BCUT2D eigenvalue weighted by atomic mass is 19.1. The molecule has 1 N–H and O–H groups in total. The summed E-state index contributed by atoms with van der Waals surface area (Å²) < 4.78 is 19.4. The summed E-state index contributed by atoms with van der Waals surface area (Å²) in [5.41, 5.74) is 3.27. The Hall–Kier alpha value is -3.08. The molecule has 24 heavy (non-hydrogen) atoms. The average molecular weight is 325 g/mol. The maximum absolute atomic E-state index is 12.9. The normalized spacial score (nSPS) is 10.6. The highest BCUT2D eigenvalue weighted by molar-refractivity contribution is 5.76. The van der Waals surface area contributed by atoms with Gasteiger partial charge in [0.1, 0.15) is 17.3 Å². The minimum Gasteiger partial charge on any atom is -0.507 e. The molecule has 1 aromatic heterocycles. The van der Waals surface area contributed by atoms with Gasteiger partial charge in [-0.2, -0.15) is 0 Å². The lowest BCUT2D eigenvalue weighted by Gasteiger charge is -2.07. The number of phenols is 1. The predicted molar refractivity (Wildman–Crippen MR) is 88.8 cm³/mol. The summed E-state index contributed by atoms with van der Waals surface area (Å²) in [4.78, 5) is 12.1. The number of hydrogen-bond acceptors (Lipinski definition) is 3. The van der Waals surface area contributed by atoms with Gasteiger partial charge in [-0.1, -0.05) is 0 Å². The molecule has 1 heterocycles. The Balaban J connectivity index is 1.82. The fourth-order valence-electron chi connectivity index (χ4n) is 2.46. The van der Waals surface area contributed by atoms with E-state index in [1.54, 1.807) is 18.5 Å². The Bertz CT molecular complexity index is 874. The number of phenolic OH excluding ortho intramolecular Hbond substituents is 1. The summed E-state index contributed by atoms with van der Waals surface area (Å²) in [6.45, 7) is 3.65. The molecule has 0 radical (unpaired) electrons. The van der Waals surface area contributed by atoms with Crippen LogP contribution < -0.4 is 4.74 Å². The Morgan fingerprint density at radius 1 is 1.04 bits per heavy atom. The first-order chi connectivity index (χ1) is 11.4. The van der Waals surface area contributed by atoms with E-state index in [9.17, 15) is 14.3 Å². The van der Waals surface area contributed by atoms with Crippen LogP contribution in [0, 0.1) is 19.7 Å². The van der Waals surface area contributed by atoms with Gasteiger partial charge < -0.3 is 9.84 Å². The van der Waals surface area contributed by atoms with Gasteiger partial charge in [0.2, 0.25) is 0 Å². The third kappa shape index (κ3) is 3.15. The van der Waals surface area contributed by atoms with Gasteiger partial charge in [0.25, 0.3) is 0 Å². The van der Waals surface area contributed by atoms with E-state index in [2.05, 4.69) is 0 Å². The Morgan fingerprint density at radius 3 is 2.29 bits per heavy atom. The van der Waals surface area contributed by atoms with Crippen molar-refractivity contribution in [2.75, 3.05) is 0 Å². The van der Waals surface area contributed by atoms with E-state index in [1.165, 1.54) is 28.8 Å². The molecule has 0 amide bonds. The second kappa shape index (κ2) is 6.20. The molecular formula is C19H16FNO3. The first-order valence-corrected chi connectivity index (χ1v) is 7.40. The molecule has 0 aliphatic heterocycles. The van der Waals surface area contributed by atoms with Crippen molar-refractivity contribution in [1.29, 1.82) is 0 Å². The lowest BCUT2D eigenvalue weighted by Crippen LogP contribution is -2.14. The van der Waals surface area contributed by atoms with Gasteiger partial charge in [-0.15, -0.1) is 0 Å². The van der Waals surface area contributed by atoms with E-state index in [-0.39, 0.29) is 11.5 Å². The molecule has 122 valence electrons. The van der Waals surface area contributed by atoms with Crippen molar-refractivity contribution < 1.29 is 19.0 Å². The summed E-state index contributed by atoms with van der Waals surface area (Å²) in [5, 5.41) is 9.85. The van der Waals surface area contributed by atoms with E-state index in [0.717, 1.165) is 22.3 Å². The smallest absolute Gasteiger partial charge is 0.423 e. The summed E-state index contributed by atoms with van der Waals surface area (Å²) in [6.07, 6.45) is 2.66. The maximum atomic E-state index is 12.9. The van der Waals surface area contributed by atoms with Crippen molar-refractivity contribution in [2.24, 2.45) is 0 Å². The molecule has 0 spiro atoms. The summed E-state index contributed by atoms with van der Waals surface area (Å²) in [6, 6.07) is 10.7. The molecule has 2 aromatic carbocycles. The number of ether oxygens (including phenoxy) is 1. The van der Waals surface area contributed by atoms with Crippen LogP contribution in [0.4, 0.5) is 9.18 Å². The summed E-state index contributed by atoms with van der Waals surface area (Å²) in [7, 11) is 0. The molecule has 0 saturated carbocycles. The second-order valence-corrected chi connectivity index (χ2v) is 5.59. The number of hydrogen-bond donors (Lipinski definition) is 1. The highest BCUT2D eigenvalue weighted by Crippen LogP contribution is 2.29. The summed E-state index contributed by atoms with van der Waals surface area (Å²) in [5.74, 6) is 0.151. The zero-order chi connectivity index (χ0) is 17.3. The minimum absolute atomic E-state index is 0.271. The number of aromatic nitrogens is 1. The molecular weight excluding hydrogens is 309 g/mol. The van der Waals surface area contributed by atoms with Crippen LogP contribution in [0.2, 0.25) is 0 Å². The number of aromatic hydroxyl groups is 1. The quantitative estimate of drug-likeness (QED) is 0.745. The van der Waals surface area contributed by atoms with Crippen molar-refractivity contribution in [1.82, 2.24) is 4.57 Å². The van der Waals surface area contributed by atoms with Gasteiger partial charge in [0.15, 0.2) is 0 Å². The van der Waals surface area contributed by atoms with Crippen LogP contribution in [-0.2, 0) is 0 Å². The maximum Gasteiger partial charge on any atom is 0.423 e. The van der Waals surface area contributed by atoms with Crippen LogP contribution in [-0.4, -0.2) is 15.8 Å². The van der Waals surface area contributed by atoms with Gasteiger partial charge >= 0.3 is 6.09 Å². The van der Waals surface area contributed by atoms with E-state index in [0.29, 0.717) is 0 Å². The van der Waals surface area contributed by atoms with Crippen LogP contribution in [0.25, 0.3) is 11.1 Å². The molecule has 0 aliphatic rings. The van der Waals surface area contributed by atoms with E-state index >= 15 is 0 Å². The molecule has 0 unspecified atom stereocenters. The number of aryl methyl sites for hydroxylation is 2. The molecule has 0 aliphatic carbocycles. The molecule has 3 aromatic rings. The number of halogens is 1. The largest absolute Gasteiger partial charge is 0.507 e. The Kier molecular flexibility index (Phi) is 4.08.